The molecule has 0 aliphatic carbocycles. The van der Waals surface area contributed by atoms with E-state index in [-0.39, 0.29) is 29.7 Å². The Morgan fingerprint density at radius 2 is 2.38 bits per heavy atom. The van der Waals surface area contributed by atoms with Crippen molar-refractivity contribution in [2.75, 3.05) is 0 Å². The zero-order valence-electron chi connectivity index (χ0n) is 12.5. The van der Waals surface area contributed by atoms with Gasteiger partial charge in [-0.1, -0.05) is 0 Å². The van der Waals surface area contributed by atoms with Crippen molar-refractivity contribution in [1.29, 1.82) is 0 Å². The summed E-state index contributed by atoms with van der Waals surface area (Å²) in [6, 6.07) is 3.22. The van der Waals surface area contributed by atoms with Crippen LogP contribution >= 0.6 is 11.3 Å². The lowest BCUT2D eigenvalue weighted by Crippen LogP contribution is -2.50. The molecule has 4 rings (SSSR count). The predicted molar refractivity (Wildman–Crippen MR) is 86.5 cm³/mol. The minimum absolute atomic E-state index is 0.00764. The van der Waals surface area contributed by atoms with Gasteiger partial charge in [0.2, 0.25) is 11.7 Å². The predicted octanol–water partition coefficient (Wildman–Crippen LogP) is 0.935. The number of thiophene rings is 1. The fraction of sp³-hybridized carbons (Fsp3) is 0.267. The highest BCUT2D eigenvalue weighted by atomic mass is 32.1. The molecule has 1 saturated heterocycles. The van der Waals surface area contributed by atoms with E-state index in [9.17, 15) is 9.59 Å². The van der Waals surface area contributed by atoms with Crippen LogP contribution in [0.2, 0.25) is 0 Å². The molecule has 2 atom stereocenters. The summed E-state index contributed by atoms with van der Waals surface area (Å²) in [5, 5.41) is 13.9. The second-order valence-corrected chi connectivity index (χ2v) is 6.30. The molecule has 0 bridgehead atoms. The third kappa shape index (κ3) is 2.73. The molecule has 0 unspecified atom stereocenters. The average molecular weight is 342 g/mol. The molecule has 9 heteroatoms. The number of rotatable bonds is 3. The highest BCUT2D eigenvalue weighted by Gasteiger charge is 2.32. The number of fused-ring (bicyclic) bond motifs is 1. The molecule has 0 spiro atoms. The zero-order chi connectivity index (χ0) is 16.5. The summed E-state index contributed by atoms with van der Waals surface area (Å²) in [6.45, 7) is 0. The molecule has 3 aromatic rings. The Kier molecular flexibility index (Phi) is 3.69. The normalized spacial score (nSPS) is 20.8. The molecule has 0 radical (unpaired) electrons. The smallest absolute Gasteiger partial charge is 0.291 e. The Balaban J connectivity index is 1.56. The lowest BCUT2D eigenvalue weighted by Gasteiger charge is -2.32. The SMILES string of the molecule is O=C1CC[C@@H](NC(=O)c2nc3ncccn3n2)[C@H](c2ccsc2)N1. The van der Waals surface area contributed by atoms with Gasteiger partial charge in [0.25, 0.3) is 11.7 Å². The summed E-state index contributed by atoms with van der Waals surface area (Å²) in [5.74, 6) is 0.0530. The number of hydrogen-bond donors (Lipinski definition) is 2. The Hall–Kier alpha value is -2.81. The fourth-order valence-corrected chi connectivity index (χ4v) is 3.48. The van der Waals surface area contributed by atoms with Crippen LogP contribution in [0, 0.1) is 0 Å². The Morgan fingerprint density at radius 3 is 3.17 bits per heavy atom. The maximum Gasteiger partial charge on any atom is 0.291 e. The van der Waals surface area contributed by atoms with E-state index in [2.05, 4.69) is 25.7 Å². The van der Waals surface area contributed by atoms with Crippen LogP contribution in [-0.4, -0.2) is 37.4 Å². The van der Waals surface area contributed by atoms with E-state index in [4.69, 9.17) is 0 Å². The fourth-order valence-electron chi connectivity index (χ4n) is 2.78. The van der Waals surface area contributed by atoms with Crippen LogP contribution in [0.1, 0.15) is 35.1 Å². The van der Waals surface area contributed by atoms with Gasteiger partial charge in [0.1, 0.15) is 0 Å². The van der Waals surface area contributed by atoms with E-state index in [1.54, 1.807) is 29.8 Å². The summed E-state index contributed by atoms with van der Waals surface area (Å²) in [5.41, 5.74) is 0.989. The van der Waals surface area contributed by atoms with Gasteiger partial charge in [-0.2, -0.15) is 16.3 Å². The molecule has 2 amide bonds. The van der Waals surface area contributed by atoms with Crippen LogP contribution in [0.3, 0.4) is 0 Å². The molecule has 1 aliphatic heterocycles. The number of nitrogens with zero attached hydrogens (tertiary/aromatic N) is 4. The summed E-state index contributed by atoms with van der Waals surface area (Å²) in [6.07, 6.45) is 4.23. The number of aromatic nitrogens is 4. The summed E-state index contributed by atoms with van der Waals surface area (Å²) < 4.78 is 1.45. The molecular formula is C15H14N6O2S. The van der Waals surface area contributed by atoms with Crippen LogP contribution in [0.15, 0.2) is 35.3 Å². The molecule has 0 aromatic carbocycles. The zero-order valence-corrected chi connectivity index (χ0v) is 13.4. The Morgan fingerprint density at radius 1 is 1.46 bits per heavy atom. The molecule has 1 aliphatic rings. The van der Waals surface area contributed by atoms with Crippen molar-refractivity contribution in [3.63, 3.8) is 0 Å². The van der Waals surface area contributed by atoms with Gasteiger partial charge < -0.3 is 10.6 Å². The van der Waals surface area contributed by atoms with Gasteiger partial charge in [-0.3, -0.25) is 9.59 Å². The van der Waals surface area contributed by atoms with Crippen LogP contribution < -0.4 is 10.6 Å². The van der Waals surface area contributed by atoms with Crippen LogP contribution in [-0.2, 0) is 4.79 Å². The number of carbonyl (C=O) groups is 2. The highest BCUT2D eigenvalue weighted by molar-refractivity contribution is 7.08. The molecule has 0 saturated carbocycles. The molecule has 122 valence electrons. The lowest BCUT2D eigenvalue weighted by molar-refractivity contribution is -0.123. The van der Waals surface area contributed by atoms with Gasteiger partial charge in [-0.15, -0.1) is 5.10 Å². The summed E-state index contributed by atoms with van der Waals surface area (Å²) >= 11 is 1.55. The van der Waals surface area contributed by atoms with Crippen molar-refractivity contribution in [3.05, 3.63) is 46.7 Å². The number of hydrogen-bond acceptors (Lipinski definition) is 6. The van der Waals surface area contributed by atoms with E-state index in [1.165, 1.54) is 4.52 Å². The van der Waals surface area contributed by atoms with E-state index in [1.807, 2.05) is 16.8 Å². The maximum atomic E-state index is 12.5. The third-order valence-electron chi connectivity index (χ3n) is 3.94. The molecule has 8 nitrogen and oxygen atoms in total. The van der Waals surface area contributed by atoms with Crippen LogP contribution in [0.4, 0.5) is 0 Å². The number of carbonyl (C=O) groups excluding carboxylic acids is 2. The second kappa shape index (κ2) is 6.00. The van der Waals surface area contributed by atoms with Crippen molar-refractivity contribution in [1.82, 2.24) is 30.2 Å². The first-order chi connectivity index (χ1) is 11.7. The van der Waals surface area contributed by atoms with Gasteiger partial charge in [0.15, 0.2) is 0 Å². The molecule has 1 fully saturated rings. The lowest BCUT2D eigenvalue weighted by atomic mass is 9.93. The van der Waals surface area contributed by atoms with Crippen LogP contribution in [0.25, 0.3) is 5.78 Å². The van der Waals surface area contributed by atoms with Crippen molar-refractivity contribution in [2.24, 2.45) is 0 Å². The summed E-state index contributed by atoms with van der Waals surface area (Å²) in [4.78, 5) is 32.4. The van der Waals surface area contributed by atoms with Gasteiger partial charge in [0, 0.05) is 18.8 Å². The van der Waals surface area contributed by atoms with E-state index in [0.717, 1.165) is 5.56 Å². The van der Waals surface area contributed by atoms with Gasteiger partial charge in [-0.05, 0) is 34.9 Å². The first-order valence-corrected chi connectivity index (χ1v) is 8.45. The topological polar surface area (TPSA) is 101 Å². The van der Waals surface area contributed by atoms with E-state index in [0.29, 0.717) is 18.6 Å². The van der Waals surface area contributed by atoms with Crippen molar-refractivity contribution < 1.29 is 9.59 Å². The maximum absolute atomic E-state index is 12.5. The van der Waals surface area contributed by atoms with E-state index < -0.39 is 0 Å². The van der Waals surface area contributed by atoms with E-state index >= 15 is 0 Å². The molecule has 24 heavy (non-hydrogen) atoms. The van der Waals surface area contributed by atoms with Crippen molar-refractivity contribution >= 4 is 28.9 Å². The Labute approximate surface area is 140 Å². The molecular weight excluding hydrogens is 328 g/mol. The Bertz CT molecular complexity index is 857. The van der Waals surface area contributed by atoms with Gasteiger partial charge >= 0.3 is 0 Å². The standard InChI is InChI=1S/C15H14N6O2S/c22-11-3-2-10(12(18-11)9-4-7-24-8-9)17-14(23)13-19-15-16-5-1-6-21(15)20-13/h1,4-8,10,12H,2-3H2,(H,17,23)(H,18,22)/t10-,12+/m1/s1. The van der Waals surface area contributed by atoms with Crippen LogP contribution in [0.5, 0.6) is 0 Å². The third-order valence-corrected chi connectivity index (χ3v) is 4.64. The average Bonchev–Trinajstić information content (AvgIpc) is 3.25. The largest absolute Gasteiger partial charge is 0.347 e. The number of nitrogens with one attached hydrogen (secondary N) is 2. The minimum atomic E-state index is -0.373. The molecule has 2 N–H and O–H groups in total. The minimum Gasteiger partial charge on any atom is -0.347 e. The van der Waals surface area contributed by atoms with Crippen molar-refractivity contribution in [3.8, 4) is 0 Å². The molecule has 4 heterocycles. The quantitative estimate of drug-likeness (QED) is 0.737. The highest BCUT2D eigenvalue weighted by Crippen LogP contribution is 2.26. The van der Waals surface area contributed by atoms with Gasteiger partial charge in [0.05, 0.1) is 12.1 Å². The first-order valence-electron chi connectivity index (χ1n) is 7.50. The number of piperidine rings is 1. The first kappa shape index (κ1) is 14.8. The molecule has 3 aromatic heterocycles. The summed E-state index contributed by atoms with van der Waals surface area (Å²) in [7, 11) is 0. The second-order valence-electron chi connectivity index (χ2n) is 5.52. The number of amides is 2. The monoisotopic (exact) mass is 342 g/mol. The van der Waals surface area contributed by atoms with Crippen molar-refractivity contribution in [2.45, 2.75) is 24.9 Å². The van der Waals surface area contributed by atoms with Gasteiger partial charge in [-0.25, -0.2) is 9.50 Å².